The van der Waals surface area contributed by atoms with Gasteiger partial charge >= 0.3 is 0 Å². The highest BCUT2D eigenvalue weighted by Crippen LogP contribution is 2.30. The molecule has 4 heterocycles. The molecule has 2 aromatic heterocycles. The number of hydrogen-bond donors (Lipinski definition) is 3. The fourth-order valence-corrected chi connectivity index (χ4v) is 5.90. The zero-order valence-corrected chi connectivity index (χ0v) is 23.6. The van der Waals surface area contributed by atoms with E-state index in [0.717, 1.165) is 57.3 Å². The number of nitrogens with one attached hydrogen (secondary N) is 3. The highest BCUT2D eigenvalue weighted by Gasteiger charge is 2.28. The van der Waals surface area contributed by atoms with E-state index in [9.17, 15) is 4.79 Å². The van der Waals surface area contributed by atoms with Crippen molar-refractivity contribution in [2.75, 3.05) is 50.1 Å². The van der Waals surface area contributed by atoms with Crippen molar-refractivity contribution >= 4 is 23.5 Å². The highest BCUT2D eigenvalue weighted by molar-refractivity contribution is 5.78. The summed E-state index contributed by atoms with van der Waals surface area (Å²) in [6.45, 7) is 7.77. The third-order valence-corrected chi connectivity index (χ3v) is 8.17. The van der Waals surface area contributed by atoms with Crippen molar-refractivity contribution in [2.24, 2.45) is 5.92 Å². The molecule has 0 unspecified atom stereocenters. The van der Waals surface area contributed by atoms with Crippen LogP contribution in [0.5, 0.6) is 5.88 Å². The lowest BCUT2D eigenvalue weighted by Crippen LogP contribution is -2.45. The molecule has 3 N–H and O–H groups in total. The largest absolute Gasteiger partial charge is 0.472 e. The molecule has 3 fully saturated rings. The lowest BCUT2D eigenvalue weighted by Gasteiger charge is -2.36. The first kappa shape index (κ1) is 27.6. The van der Waals surface area contributed by atoms with Crippen LogP contribution in [0.1, 0.15) is 64.0 Å². The van der Waals surface area contributed by atoms with Crippen LogP contribution in [-0.2, 0) is 9.53 Å². The molecule has 1 amide bonds. The van der Waals surface area contributed by atoms with Crippen molar-refractivity contribution < 1.29 is 14.3 Å². The van der Waals surface area contributed by atoms with E-state index in [1.165, 1.54) is 12.8 Å². The number of hydrogen-bond acceptors (Lipinski definition) is 9. The van der Waals surface area contributed by atoms with Gasteiger partial charge in [-0.25, -0.2) is 0 Å². The Morgan fingerprint density at radius 2 is 2.00 bits per heavy atom. The number of nitrogens with zero attached hydrogens (tertiary/aromatic N) is 5. The first-order valence-corrected chi connectivity index (χ1v) is 14.6. The van der Waals surface area contributed by atoms with E-state index < -0.39 is 0 Å². The maximum absolute atomic E-state index is 12.7. The summed E-state index contributed by atoms with van der Waals surface area (Å²) in [6.07, 6.45) is 8.47. The van der Waals surface area contributed by atoms with Crippen LogP contribution in [0.4, 0.5) is 17.6 Å². The van der Waals surface area contributed by atoms with E-state index in [-0.39, 0.29) is 24.1 Å². The quantitative estimate of drug-likeness (QED) is 0.439. The van der Waals surface area contributed by atoms with Crippen molar-refractivity contribution in [3.05, 3.63) is 17.8 Å². The average Bonchev–Trinajstić information content (AvgIpc) is 3.69. The second-order valence-corrected chi connectivity index (χ2v) is 11.5. The summed E-state index contributed by atoms with van der Waals surface area (Å²) >= 11 is 0. The Morgan fingerprint density at radius 1 is 1.15 bits per heavy atom. The van der Waals surface area contributed by atoms with Crippen molar-refractivity contribution in [1.29, 1.82) is 0 Å². The van der Waals surface area contributed by atoms with Crippen molar-refractivity contribution in [1.82, 2.24) is 30.4 Å². The summed E-state index contributed by atoms with van der Waals surface area (Å²) in [6, 6.07) is 4.27. The third-order valence-electron chi connectivity index (χ3n) is 8.17. The van der Waals surface area contributed by atoms with E-state index in [1.807, 2.05) is 24.0 Å². The molecule has 0 aromatic carbocycles. The molecule has 11 heteroatoms. The molecule has 214 valence electrons. The summed E-state index contributed by atoms with van der Waals surface area (Å²) in [7, 11) is 2.08. The SMILES string of the molecule is Cc1cc(Nc2cc(O[C@H]3CCOC3)nc(N(C)[C@H]3C[C@@H](C)CCC[C@@H](NCC(=O)N4CCCC4)C3)n2)n[nH]1. The molecule has 0 radical (unpaired) electrons. The summed E-state index contributed by atoms with van der Waals surface area (Å²) < 4.78 is 11.7. The number of ether oxygens (including phenoxy) is 2. The lowest BCUT2D eigenvalue weighted by atomic mass is 9.86. The van der Waals surface area contributed by atoms with Gasteiger partial charge < -0.3 is 29.9 Å². The second-order valence-electron chi connectivity index (χ2n) is 11.5. The summed E-state index contributed by atoms with van der Waals surface area (Å²) in [5.74, 6) is 3.30. The van der Waals surface area contributed by atoms with Gasteiger partial charge in [0.15, 0.2) is 5.82 Å². The number of aromatic nitrogens is 4. The number of anilines is 3. The topological polar surface area (TPSA) is 121 Å². The van der Waals surface area contributed by atoms with Gasteiger partial charge in [-0.3, -0.25) is 9.89 Å². The van der Waals surface area contributed by atoms with Gasteiger partial charge in [0.05, 0.1) is 19.8 Å². The van der Waals surface area contributed by atoms with Crippen LogP contribution in [0.15, 0.2) is 12.1 Å². The molecule has 39 heavy (non-hydrogen) atoms. The molecule has 1 aliphatic carbocycles. The fraction of sp³-hybridized carbons (Fsp3) is 0.714. The van der Waals surface area contributed by atoms with Crippen molar-refractivity contribution in [3.8, 4) is 5.88 Å². The molecule has 2 saturated heterocycles. The number of carbonyl (C=O) groups is 1. The Kier molecular flexibility index (Phi) is 9.18. The molecule has 0 bridgehead atoms. The number of amides is 1. The standard InChI is InChI=1S/C28H44N8O3/c1-19-7-6-8-21(29-17-27(37)36-10-4-5-11-36)15-22(13-19)35(3)28-31-24(30-25-14-20(2)33-34-25)16-26(32-28)39-23-9-12-38-18-23/h14,16,19,21-23,29H,4-13,15,17-18H2,1-3H3,(H2,30,31,32,33,34)/t19-,21+,22-,23-/m0/s1. The zero-order valence-electron chi connectivity index (χ0n) is 23.6. The Morgan fingerprint density at radius 3 is 2.74 bits per heavy atom. The van der Waals surface area contributed by atoms with Crippen LogP contribution in [0, 0.1) is 12.8 Å². The normalized spacial score (nSPS) is 25.8. The molecule has 2 aliphatic heterocycles. The Hall–Kier alpha value is -2.92. The Bertz CT molecular complexity index is 1080. The van der Waals surface area contributed by atoms with Crippen LogP contribution in [0.25, 0.3) is 0 Å². The predicted octanol–water partition coefficient (Wildman–Crippen LogP) is 3.41. The minimum absolute atomic E-state index is 0.0123. The summed E-state index contributed by atoms with van der Waals surface area (Å²) in [4.78, 5) is 26.6. The zero-order chi connectivity index (χ0) is 27.2. The maximum Gasteiger partial charge on any atom is 0.236 e. The van der Waals surface area contributed by atoms with Crippen LogP contribution in [0.2, 0.25) is 0 Å². The van der Waals surface area contributed by atoms with Gasteiger partial charge in [-0.2, -0.15) is 15.1 Å². The van der Waals surface area contributed by atoms with Gasteiger partial charge in [-0.15, -0.1) is 0 Å². The third kappa shape index (κ3) is 7.60. The number of carbonyl (C=O) groups excluding carboxylic acids is 1. The maximum atomic E-state index is 12.7. The van der Waals surface area contributed by atoms with Gasteiger partial charge in [0.2, 0.25) is 17.7 Å². The molecule has 11 nitrogen and oxygen atoms in total. The van der Waals surface area contributed by atoms with Crippen LogP contribution in [0.3, 0.4) is 0 Å². The number of likely N-dealkylation sites (tertiary alicyclic amines) is 1. The minimum atomic E-state index is -0.0123. The number of H-pyrrole nitrogens is 1. The summed E-state index contributed by atoms with van der Waals surface area (Å²) in [5.41, 5.74) is 0.966. The van der Waals surface area contributed by atoms with E-state index in [0.29, 0.717) is 49.1 Å². The first-order chi connectivity index (χ1) is 18.9. The molecule has 1 saturated carbocycles. The lowest BCUT2D eigenvalue weighted by molar-refractivity contribution is -0.129. The number of aromatic amines is 1. The van der Waals surface area contributed by atoms with E-state index in [4.69, 9.17) is 19.4 Å². The predicted molar refractivity (Wildman–Crippen MR) is 151 cm³/mol. The van der Waals surface area contributed by atoms with Gasteiger partial charge in [0.25, 0.3) is 0 Å². The monoisotopic (exact) mass is 540 g/mol. The smallest absolute Gasteiger partial charge is 0.236 e. The van der Waals surface area contributed by atoms with Crippen molar-refractivity contribution in [3.63, 3.8) is 0 Å². The van der Waals surface area contributed by atoms with Gasteiger partial charge in [0, 0.05) is 56.5 Å². The summed E-state index contributed by atoms with van der Waals surface area (Å²) in [5, 5.41) is 14.2. The van der Waals surface area contributed by atoms with Gasteiger partial charge in [-0.05, 0) is 44.9 Å². The van der Waals surface area contributed by atoms with Crippen LogP contribution in [-0.4, -0.2) is 89.1 Å². The van der Waals surface area contributed by atoms with E-state index >= 15 is 0 Å². The number of aryl methyl sites for hydroxylation is 1. The van der Waals surface area contributed by atoms with E-state index in [2.05, 4.69) is 39.7 Å². The Labute approximate surface area is 231 Å². The Balaban J connectivity index is 1.32. The number of rotatable bonds is 9. The van der Waals surface area contributed by atoms with Gasteiger partial charge in [0.1, 0.15) is 11.9 Å². The first-order valence-electron chi connectivity index (χ1n) is 14.6. The molecule has 5 rings (SSSR count). The second kappa shape index (κ2) is 13.0. The highest BCUT2D eigenvalue weighted by atomic mass is 16.5. The average molecular weight is 541 g/mol. The molecular formula is C28H44N8O3. The van der Waals surface area contributed by atoms with Crippen LogP contribution >= 0.6 is 0 Å². The molecule has 3 aliphatic rings. The van der Waals surface area contributed by atoms with Gasteiger partial charge in [-0.1, -0.05) is 19.8 Å². The molecule has 0 spiro atoms. The molecule has 2 aromatic rings. The molecule has 4 atom stereocenters. The van der Waals surface area contributed by atoms with E-state index in [1.54, 1.807) is 0 Å². The fourth-order valence-electron chi connectivity index (χ4n) is 5.90. The van der Waals surface area contributed by atoms with Crippen molar-refractivity contribution in [2.45, 2.75) is 83.4 Å². The minimum Gasteiger partial charge on any atom is -0.472 e. The van der Waals surface area contributed by atoms with Crippen LogP contribution < -0.4 is 20.3 Å². The molecular weight excluding hydrogens is 496 g/mol.